The third-order valence-electron chi connectivity index (χ3n) is 3.66. The number of nitrogens with one attached hydrogen (secondary N) is 1. The Hall–Kier alpha value is -0.350. The minimum Gasteiger partial charge on any atom is -0.306 e. The van der Waals surface area contributed by atoms with Gasteiger partial charge in [0.2, 0.25) is 0 Å². The molecule has 1 N–H and O–H groups in total. The molecule has 0 aromatic carbocycles. The summed E-state index contributed by atoms with van der Waals surface area (Å²) in [5, 5.41) is 8.22. The maximum atomic E-state index is 4.55. The molecule has 1 atom stereocenters. The van der Waals surface area contributed by atoms with Crippen molar-refractivity contribution in [1.29, 1.82) is 0 Å². The molecule has 0 fully saturated rings. The van der Waals surface area contributed by atoms with E-state index in [1.165, 1.54) is 19.3 Å². The standard InChI is InChI=1S/C14H26BrN3/c1-5-8-9-14(4,6-2)16-10-13-12(15)11-18(7-3)17-13/h11,16H,5-10H2,1-4H3. The lowest BCUT2D eigenvalue weighted by atomic mass is 9.92. The van der Waals surface area contributed by atoms with Crippen molar-refractivity contribution in [3.05, 3.63) is 16.4 Å². The van der Waals surface area contributed by atoms with E-state index in [1.54, 1.807) is 0 Å². The van der Waals surface area contributed by atoms with E-state index in [2.05, 4.69) is 54.0 Å². The van der Waals surface area contributed by atoms with E-state index in [0.717, 1.165) is 29.7 Å². The first-order valence-electron chi connectivity index (χ1n) is 7.01. The van der Waals surface area contributed by atoms with Crippen molar-refractivity contribution in [3.8, 4) is 0 Å². The third-order valence-corrected chi connectivity index (χ3v) is 4.32. The second-order valence-electron chi connectivity index (χ2n) is 5.15. The summed E-state index contributed by atoms with van der Waals surface area (Å²) in [5.41, 5.74) is 1.33. The van der Waals surface area contributed by atoms with Crippen LogP contribution in [-0.4, -0.2) is 15.3 Å². The van der Waals surface area contributed by atoms with Gasteiger partial charge < -0.3 is 5.32 Å². The highest BCUT2D eigenvalue weighted by atomic mass is 79.9. The number of aryl methyl sites for hydroxylation is 1. The van der Waals surface area contributed by atoms with Crippen molar-refractivity contribution in [2.45, 2.75) is 72.0 Å². The molecule has 0 aliphatic heterocycles. The highest BCUT2D eigenvalue weighted by molar-refractivity contribution is 9.10. The van der Waals surface area contributed by atoms with Crippen molar-refractivity contribution >= 4 is 15.9 Å². The van der Waals surface area contributed by atoms with Gasteiger partial charge in [0.25, 0.3) is 0 Å². The number of rotatable bonds is 8. The van der Waals surface area contributed by atoms with Crippen LogP contribution in [0.5, 0.6) is 0 Å². The van der Waals surface area contributed by atoms with Gasteiger partial charge in [-0.25, -0.2) is 0 Å². The minimum absolute atomic E-state index is 0.228. The van der Waals surface area contributed by atoms with E-state index in [4.69, 9.17) is 0 Å². The van der Waals surface area contributed by atoms with E-state index in [-0.39, 0.29) is 5.54 Å². The first kappa shape index (κ1) is 15.7. The predicted octanol–water partition coefficient (Wildman–Crippen LogP) is 4.11. The molecule has 0 saturated carbocycles. The lowest BCUT2D eigenvalue weighted by molar-refractivity contribution is 0.306. The zero-order valence-electron chi connectivity index (χ0n) is 12.1. The molecule has 0 amide bonds. The molecule has 0 saturated heterocycles. The SMILES string of the molecule is CCCCC(C)(CC)NCc1nn(CC)cc1Br. The van der Waals surface area contributed by atoms with Gasteiger partial charge in [0.15, 0.2) is 0 Å². The highest BCUT2D eigenvalue weighted by Crippen LogP contribution is 2.20. The normalized spacial score (nSPS) is 14.7. The fourth-order valence-corrected chi connectivity index (χ4v) is 2.43. The molecule has 104 valence electrons. The predicted molar refractivity (Wildman–Crippen MR) is 80.7 cm³/mol. The number of hydrogen-bond acceptors (Lipinski definition) is 2. The van der Waals surface area contributed by atoms with E-state index in [0.29, 0.717) is 0 Å². The van der Waals surface area contributed by atoms with Crippen LogP contribution < -0.4 is 5.32 Å². The second-order valence-corrected chi connectivity index (χ2v) is 6.01. The Kier molecular flexibility index (Phi) is 6.36. The Morgan fingerprint density at radius 3 is 2.61 bits per heavy atom. The smallest absolute Gasteiger partial charge is 0.0904 e. The summed E-state index contributed by atoms with van der Waals surface area (Å²) in [5.74, 6) is 0. The first-order valence-corrected chi connectivity index (χ1v) is 7.80. The highest BCUT2D eigenvalue weighted by Gasteiger charge is 2.21. The van der Waals surface area contributed by atoms with E-state index >= 15 is 0 Å². The average Bonchev–Trinajstić information content (AvgIpc) is 2.75. The number of nitrogens with zero attached hydrogens (tertiary/aromatic N) is 2. The zero-order valence-corrected chi connectivity index (χ0v) is 13.7. The van der Waals surface area contributed by atoms with Crippen molar-refractivity contribution in [2.75, 3.05) is 0 Å². The number of halogens is 1. The van der Waals surface area contributed by atoms with Crippen LogP contribution in [0, 0.1) is 0 Å². The van der Waals surface area contributed by atoms with Gasteiger partial charge in [-0.2, -0.15) is 5.10 Å². The maximum absolute atomic E-state index is 4.55. The molecule has 1 rings (SSSR count). The van der Waals surface area contributed by atoms with Crippen molar-refractivity contribution in [2.24, 2.45) is 0 Å². The van der Waals surface area contributed by atoms with Crippen molar-refractivity contribution in [1.82, 2.24) is 15.1 Å². The third kappa shape index (κ3) is 4.39. The maximum Gasteiger partial charge on any atom is 0.0904 e. The van der Waals surface area contributed by atoms with Gasteiger partial charge >= 0.3 is 0 Å². The van der Waals surface area contributed by atoms with E-state index in [9.17, 15) is 0 Å². The second kappa shape index (κ2) is 7.29. The molecule has 0 aliphatic rings. The van der Waals surface area contributed by atoms with Gasteiger partial charge in [-0.15, -0.1) is 0 Å². The number of hydrogen-bond donors (Lipinski definition) is 1. The summed E-state index contributed by atoms with van der Waals surface area (Å²) < 4.78 is 3.07. The molecule has 4 heteroatoms. The number of aromatic nitrogens is 2. The van der Waals surface area contributed by atoms with Gasteiger partial charge in [0.1, 0.15) is 0 Å². The van der Waals surface area contributed by atoms with Gasteiger partial charge in [-0.05, 0) is 42.6 Å². The van der Waals surface area contributed by atoms with E-state index < -0.39 is 0 Å². The lowest BCUT2D eigenvalue weighted by Crippen LogP contribution is -2.41. The molecular weight excluding hydrogens is 290 g/mol. The molecule has 1 unspecified atom stereocenters. The molecule has 0 radical (unpaired) electrons. The van der Waals surface area contributed by atoms with Crippen LogP contribution in [0.4, 0.5) is 0 Å². The lowest BCUT2D eigenvalue weighted by Gasteiger charge is -2.29. The quantitative estimate of drug-likeness (QED) is 0.782. The van der Waals surface area contributed by atoms with Crippen LogP contribution >= 0.6 is 15.9 Å². The molecule has 3 nitrogen and oxygen atoms in total. The molecule has 1 aromatic rings. The molecule has 1 aromatic heterocycles. The Morgan fingerprint density at radius 2 is 2.11 bits per heavy atom. The van der Waals surface area contributed by atoms with Crippen LogP contribution in [0.1, 0.15) is 59.1 Å². The molecule has 1 heterocycles. The average molecular weight is 316 g/mol. The Bertz CT molecular complexity index is 362. The largest absolute Gasteiger partial charge is 0.306 e. The van der Waals surface area contributed by atoms with Crippen LogP contribution in [0.15, 0.2) is 10.7 Å². The van der Waals surface area contributed by atoms with Gasteiger partial charge in [-0.3, -0.25) is 4.68 Å². The van der Waals surface area contributed by atoms with Crippen molar-refractivity contribution in [3.63, 3.8) is 0 Å². The summed E-state index contributed by atoms with van der Waals surface area (Å²) in [4.78, 5) is 0. The van der Waals surface area contributed by atoms with Crippen LogP contribution in [0.2, 0.25) is 0 Å². The van der Waals surface area contributed by atoms with Gasteiger partial charge in [0.05, 0.1) is 10.2 Å². The fraction of sp³-hybridized carbons (Fsp3) is 0.786. The molecule has 0 aliphatic carbocycles. The Balaban J connectivity index is 2.58. The monoisotopic (exact) mass is 315 g/mol. The summed E-state index contributed by atoms with van der Waals surface area (Å²) in [7, 11) is 0. The number of unbranched alkanes of at least 4 members (excludes halogenated alkanes) is 1. The van der Waals surface area contributed by atoms with Gasteiger partial charge in [-0.1, -0.05) is 26.7 Å². The zero-order chi connectivity index (χ0) is 13.6. The van der Waals surface area contributed by atoms with Crippen LogP contribution in [0.25, 0.3) is 0 Å². The Morgan fingerprint density at radius 1 is 1.39 bits per heavy atom. The van der Waals surface area contributed by atoms with Crippen LogP contribution in [0.3, 0.4) is 0 Å². The molecule has 0 spiro atoms. The summed E-state index contributed by atoms with van der Waals surface area (Å²) in [6, 6.07) is 0. The minimum atomic E-state index is 0.228. The van der Waals surface area contributed by atoms with Crippen LogP contribution in [-0.2, 0) is 13.1 Å². The molecular formula is C14H26BrN3. The molecule has 0 bridgehead atoms. The van der Waals surface area contributed by atoms with Gasteiger partial charge in [0, 0.05) is 24.8 Å². The van der Waals surface area contributed by atoms with Crippen molar-refractivity contribution < 1.29 is 0 Å². The summed E-state index contributed by atoms with van der Waals surface area (Å²) in [6.07, 6.45) is 6.96. The first-order chi connectivity index (χ1) is 8.54. The fourth-order valence-electron chi connectivity index (χ4n) is 1.97. The summed E-state index contributed by atoms with van der Waals surface area (Å²) >= 11 is 3.58. The van der Waals surface area contributed by atoms with E-state index in [1.807, 2.05) is 10.9 Å². The summed E-state index contributed by atoms with van der Waals surface area (Å²) in [6.45, 7) is 10.7. The molecule has 18 heavy (non-hydrogen) atoms. The topological polar surface area (TPSA) is 29.9 Å². The Labute approximate surface area is 119 Å².